The average molecular weight is 262 g/mol. The zero-order valence-corrected chi connectivity index (χ0v) is 12.2. The van der Waals surface area contributed by atoms with Gasteiger partial charge < -0.3 is 25.3 Å². The Balaban J connectivity index is -0.000000212. The minimum Gasteiger partial charge on any atom is -0.553 e. The maximum Gasteiger partial charge on any atom is 0.251 e. The molecule has 0 bridgehead atoms. The number of ether oxygens (including phenoxy) is 1. The highest BCUT2D eigenvalue weighted by atomic mass is 16.6. The van der Waals surface area contributed by atoms with Crippen LogP contribution in [0.2, 0.25) is 0 Å². The van der Waals surface area contributed by atoms with Gasteiger partial charge in [0.15, 0.2) is 0 Å². The number of nitrogens with two attached hydrogens (primary N) is 1. The highest BCUT2D eigenvalue weighted by Crippen LogP contribution is 1.95. The number of primary amides is 1. The summed E-state index contributed by atoms with van der Waals surface area (Å²) in [6.45, 7) is 3.79. The van der Waals surface area contributed by atoms with Crippen molar-refractivity contribution in [2.24, 2.45) is 5.73 Å². The first-order valence-electron chi connectivity index (χ1n) is 5.67. The van der Waals surface area contributed by atoms with E-state index in [-0.39, 0.29) is 5.91 Å². The molecule has 0 heterocycles. The molecule has 0 aliphatic carbocycles. The van der Waals surface area contributed by atoms with Gasteiger partial charge >= 0.3 is 0 Å². The van der Waals surface area contributed by atoms with Crippen molar-refractivity contribution in [2.45, 2.75) is 26.7 Å². The van der Waals surface area contributed by atoms with Crippen molar-refractivity contribution in [1.82, 2.24) is 0 Å². The van der Waals surface area contributed by atoms with Gasteiger partial charge in [-0.3, -0.25) is 4.79 Å². The second-order valence-corrected chi connectivity index (χ2v) is 3.99. The molecule has 0 spiro atoms. The highest BCUT2D eigenvalue weighted by molar-refractivity contribution is 5.91. The summed E-state index contributed by atoms with van der Waals surface area (Å²) in [7, 11) is 7.29. The van der Waals surface area contributed by atoms with Gasteiger partial charge in [-0.1, -0.05) is 19.4 Å². The predicted molar refractivity (Wildman–Crippen MR) is 69.0 cm³/mol. The van der Waals surface area contributed by atoms with Crippen LogP contribution >= 0.6 is 0 Å². The van der Waals surface area contributed by atoms with Gasteiger partial charge in [0, 0.05) is 12.7 Å². The number of nitrogens with one attached hydrogen (secondary N) is 1. The summed E-state index contributed by atoms with van der Waals surface area (Å²) in [4.78, 5) is 20.8. The topological polar surface area (TPSA) is 96.9 Å². The van der Waals surface area contributed by atoms with E-state index in [1.807, 2.05) is 6.08 Å². The Bertz CT molecular complexity index is 248. The van der Waals surface area contributed by atoms with Crippen LogP contribution in [0.1, 0.15) is 26.7 Å². The molecule has 0 atom stereocenters. The molecule has 0 rings (SSSR count). The van der Waals surface area contributed by atoms with Crippen molar-refractivity contribution in [3.8, 4) is 0 Å². The van der Waals surface area contributed by atoms with Crippen LogP contribution in [0.4, 0.5) is 4.79 Å². The summed E-state index contributed by atoms with van der Waals surface area (Å²) in [5.41, 5.74) is 5.63. The first-order chi connectivity index (χ1) is 8.18. The number of unbranched alkanes of at least 4 members (excludes halogenated alkanes) is 1. The lowest BCUT2D eigenvalue weighted by molar-refractivity contribution is -0.836. The number of amides is 1. The molecule has 0 unspecified atom stereocenters. The van der Waals surface area contributed by atoms with Crippen molar-refractivity contribution in [2.75, 3.05) is 28.3 Å². The Labute approximate surface area is 109 Å². The Morgan fingerprint density at radius 1 is 1.33 bits per heavy atom. The third kappa shape index (κ3) is 36.6. The smallest absolute Gasteiger partial charge is 0.251 e. The molecule has 0 aromatic rings. The Morgan fingerprint density at radius 3 is 1.83 bits per heavy atom. The summed E-state index contributed by atoms with van der Waals surface area (Å²) >= 11 is 0. The van der Waals surface area contributed by atoms with Crippen molar-refractivity contribution in [1.29, 1.82) is 0 Å². The standard InChI is InChI=1S/C7H13NO.C3H9N.C2H4O3/c1-3-4-5-6(2)7(8)9;1-4(2)3;1-5-2(3)4/h5H,3-4H2,1-2H3,(H2,8,9);1-3H3;1H3,(H,3,4). The van der Waals surface area contributed by atoms with Crippen molar-refractivity contribution >= 4 is 12.1 Å². The fraction of sp³-hybridized carbons (Fsp3) is 0.667. The molecule has 18 heavy (non-hydrogen) atoms. The van der Waals surface area contributed by atoms with Crippen LogP contribution in [-0.2, 0) is 9.53 Å². The lowest BCUT2D eigenvalue weighted by Crippen LogP contribution is -3.02. The summed E-state index contributed by atoms with van der Waals surface area (Å²) in [5, 5.41) is 9.03. The molecule has 0 aliphatic heterocycles. The summed E-state index contributed by atoms with van der Waals surface area (Å²) in [6, 6.07) is 0. The second-order valence-electron chi connectivity index (χ2n) is 3.99. The van der Waals surface area contributed by atoms with Gasteiger partial charge in [0.25, 0.3) is 6.16 Å². The van der Waals surface area contributed by atoms with E-state index in [0.29, 0.717) is 5.57 Å². The number of hydrogen-bond acceptors (Lipinski definition) is 4. The Hall–Kier alpha value is -1.56. The maximum atomic E-state index is 10.4. The number of rotatable bonds is 3. The minimum atomic E-state index is -1.50. The van der Waals surface area contributed by atoms with Gasteiger partial charge in [0.1, 0.15) is 0 Å². The van der Waals surface area contributed by atoms with Crippen LogP contribution in [0.3, 0.4) is 0 Å². The van der Waals surface area contributed by atoms with Gasteiger partial charge in [0.05, 0.1) is 21.1 Å². The number of carbonyl (C=O) groups excluding carboxylic acids is 2. The van der Waals surface area contributed by atoms with E-state index >= 15 is 0 Å². The van der Waals surface area contributed by atoms with E-state index in [1.165, 1.54) is 4.90 Å². The van der Waals surface area contributed by atoms with E-state index < -0.39 is 6.16 Å². The molecule has 0 aromatic carbocycles. The van der Waals surface area contributed by atoms with Crippen molar-refractivity contribution in [3.63, 3.8) is 0 Å². The summed E-state index contributed by atoms with van der Waals surface area (Å²) < 4.78 is 3.56. The molecule has 6 heteroatoms. The highest BCUT2D eigenvalue weighted by Gasteiger charge is 1.93. The Kier molecular flexibility index (Phi) is 18.6. The van der Waals surface area contributed by atoms with E-state index in [4.69, 9.17) is 15.6 Å². The van der Waals surface area contributed by atoms with Gasteiger partial charge in [-0.05, 0) is 13.3 Å². The quantitative estimate of drug-likeness (QED) is 0.501. The number of methoxy groups -OCH3 is 1. The number of carboxylic acid groups (broad SMARTS) is 1. The molecule has 6 nitrogen and oxygen atoms in total. The summed E-state index contributed by atoms with van der Waals surface area (Å²) in [5.74, 6) is -0.316. The lowest BCUT2D eigenvalue weighted by Gasteiger charge is -1.92. The predicted octanol–water partition coefficient (Wildman–Crippen LogP) is -1.05. The molecule has 0 fully saturated rings. The lowest BCUT2D eigenvalue weighted by atomic mass is 10.2. The van der Waals surface area contributed by atoms with Gasteiger partial charge in [-0.15, -0.1) is 0 Å². The maximum absolute atomic E-state index is 10.4. The van der Waals surface area contributed by atoms with Crippen LogP contribution in [0.25, 0.3) is 0 Å². The van der Waals surface area contributed by atoms with E-state index in [2.05, 4.69) is 32.8 Å². The fourth-order valence-electron chi connectivity index (χ4n) is 0.461. The largest absolute Gasteiger partial charge is 0.553 e. The SMILES string of the molecule is CCCC=C(C)C(N)=O.COC(=O)[O-].C[NH+](C)C. The number of carbonyl (C=O) groups is 2. The molecule has 0 radical (unpaired) electrons. The van der Waals surface area contributed by atoms with Gasteiger partial charge in [0.2, 0.25) is 5.91 Å². The third-order valence-electron chi connectivity index (χ3n) is 1.29. The van der Waals surface area contributed by atoms with Crippen LogP contribution < -0.4 is 15.7 Å². The van der Waals surface area contributed by atoms with Crippen LogP contribution in [0.15, 0.2) is 11.6 Å². The monoisotopic (exact) mass is 262 g/mol. The van der Waals surface area contributed by atoms with Gasteiger partial charge in [-0.25, -0.2) is 0 Å². The van der Waals surface area contributed by atoms with Crippen molar-refractivity contribution < 1.29 is 24.3 Å². The fourth-order valence-corrected chi connectivity index (χ4v) is 0.461. The molecular formula is C12H26N2O4. The molecule has 108 valence electrons. The number of allylic oxidation sites excluding steroid dienone is 1. The zero-order valence-electron chi connectivity index (χ0n) is 12.2. The number of quaternary nitrogens is 1. The number of hydrogen-bond donors (Lipinski definition) is 2. The Morgan fingerprint density at radius 2 is 1.67 bits per heavy atom. The molecule has 0 aliphatic rings. The minimum absolute atomic E-state index is 0.316. The first kappa shape index (κ1) is 21.7. The molecule has 0 aromatic heterocycles. The summed E-state index contributed by atoms with van der Waals surface area (Å²) in [6.07, 6.45) is 2.37. The van der Waals surface area contributed by atoms with Crippen molar-refractivity contribution in [3.05, 3.63) is 11.6 Å². The molecular weight excluding hydrogens is 236 g/mol. The molecule has 3 N–H and O–H groups in total. The van der Waals surface area contributed by atoms with Crippen LogP contribution in [0, 0.1) is 0 Å². The van der Waals surface area contributed by atoms with E-state index in [0.717, 1.165) is 20.0 Å². The van der Waals surface area contributed by atoms with E-state index in [1.54, 1.807) is 6.92 Å². The molecule has 1 amide bonds. The molecule has 0 saturated heterocycles. The third-order valence-corrected chi connectivity index (χ3v) is 1.29. The normalized spacial score (nSPS) is 9.61. The zero-order chi connectivity index (χ0) is 15.1. The average Bonchev–Trinajstić information content (AvgIpc) is 2.25. The second kappa shape index (κ2) is 15.4. The van der Waals surface area contributed by atoms with Gasteiger partial charge in [-0.2, -0.15) is 0 Å². The van der Waals surface area contributed by atoms with Crippen LogP contribution in [-0.4, -0.2) is 40.3 Å². The van der Waals surface area contributed by atoms with E-state index in [9.17, 15) is 4.79 Å². The molecule has 0 saturated carbocycles. The first-order valence-corrected chi connectivity index (χ1v) is 5.67. The van der Waals surface area contributed by atoms with Crippen LogP contribution in [0.5, 0.6) is 0 Å².